The molecule has 0 aromatic heterocycles. The molecule has 86 valence electrons. The summed E-state index contributed by atoms with van der Waals surface area (Å²) in [4.78, 5) is 0. The Morgan fingerprint density at radius 1 is 1.33 bits per heavy atom. The predicted octanol–water partition coefficient (Wildman–Crippen LogP) is 2.05. The van der Waals surface area contributed by atoms with Crippen LogP contribution in [0, 0.1) is 24.2 Å². The number of rotatable bonds is 4. The van der Waals surface area contributed by atoms with Crippen LogP contribution in [0.4, 0.5) is 0 Å². The van der Waals surface area contributed by atoms with E-state index in [0.717, 1.165) is 12.8 Å². The van der Waals surface area contributed by atoms with E-state index in [9.17, 15) is 0 Å². The van der Waals surface area contributed by atoms with E-state index in [0.29, 0.717) is 30.1 Å². The first kappa shape index (κ1) is 12.5. The average molecular weight is 209 g/mol. The Bertz CT molecular complexity index is 233. The molecule has 5 atom stereocenters. The molecule has 1 fully saturated rings. The number of nitrogens with one attached hydrogen (secondary N) is 1. The molecule has 1 aliphatic heterocycles. The van der Waals surface area contributed by atoms with Gasteiger partial charge in [-0.15, -0.1) is 12.3 Å². The highest BCUT2D eigenvalue weighted by Gasteiger charge is 2.40. The van der Waals surface area contributed by atoms with Crippen LogP contribution < -0.4 is 5.32 Å². The van der Waals surface area contributed by atoms with Crippen LogP contribution >= 0.6 is 0 Å². The maximum absolute atomic E-state index is 5.86. The smallest absolute Gasteiger partial charge is 0.0597 e. The second-order valence-electron chi connectivity index (χ2n) is 4.62. The van der Waals surface area contributed by atoms with Gasteiger partial charge in [-0.25, -0.2) is 0 Å². The minimum atomic E-state index is 0.338. The first-order valence-electron chi connectivity index (χ1n) is 5.88. The summed E-state index contributed by atoms with van der Waals surface area (Å²) in [6.45, 7) is 6.61. The van der Waals surface area contributed by atoms with E-state index in [1.807, 2.05) is 7.05 Å². The van der Waals surface area contributed by atoms with Crippen molar-refractivity contribution in [2.24, 2.45) is 11.8 Å². The fourth-order valence-corrected chi connectivity index (χ4v) is 2.76. The lowest BCUT2D eigenvalue weighted by molar-refractivity contribution is 0.0476. The molecule has 0 spiro atoms. The van der Waals surface area contributed by atoms with Crippen molar-refractivity contribution >= 4 is 0 Å². The fraction of sp³-hybridized carbons (Fsp3) is 0.846. The van der Waals surface area contributed by atoms with Crippen molar-refractivity contribution in [1.82, 2.24) is 5.32 Å². The zero-order chi connectivity index (χ0) is 11.4. The Morgan fingerprint density at radius 3 is 2.40 bits per heavy atom. The Labute approximate surface area is 93.8 Å². The average Bonchev–Trinajstić information content (AvgIpc) is 2.45. The third kappa shape index (κ3) is 2.74. The van der Waals surface area contributed by atoms with Crippen LogP contribution in [0.1, 0.15) is 33.6 Å². The monoisotopic (exact) mass is 209 g/mol. The Kier molecular flexibility index (Phi) is 4.63. The summed E-state index contributed by atoms with van der Waals surface area (Å²) in [6, 6.07) is 0.482. The molecule has 0 amide bonds. The number of ether oxygens (including phenoxy) is 1. The minimum Gasteiger partial charge on any atom is -0.375 e. The molecule has 15 heavy (non-hydrogen) atoms. The van der Waals surface area contributed by atoms with Crippen LogP contribution in [0.25, 0.3) is 0 Å². The Morgan fingerprint density at radius 2 is 2.00 bits per heavy atom. The molecule has 1 N–H and O–H groups in total. The summed E-state index contributed by atoms with van der Waals surface area (Å²) in [5.74, 6) is 3.90. The van der Waals surface area contributed by atoms with E-state index in [1.54, 1.807) is 0 Å². The van der Waals surface area contributed by atoms with Crippen molar-refractivity contribution in [1.29, 1.82) is 0 Å². The normalized spacial score (nSPS) is 37.5. The van der Waals surface area contributed by atoms with Gasteiger partial charge in [0.1, 0.15) is 0 Å². The summed E-state index contributed by atoms with van der Waals surface area (Å²) < 4.78 is 5.86. The van der Waals surface area contributed by atoms with Crippen LogP contribution in [0.5, 0.6) is 0 Å². The van der Waals surface area contributed by atoms with Crippen LogP contribution in [-0.4, -0.2) is 25.3 Å². The number of hydrogen-bond donors (Lipinski definition) is 1. The highest BCUT2D eigenvalue weighted by molar-refractivity contribution is 4.94. The predicted molar refractivity (Wildman–Crippen MR) is 63.6 cm³/mol. The maximum atomic E-state index is 5.86. The van der Waals surface area contributed by atoms with Crippen molar-refractivity contribution in [3.05, 3.63) is 0 Å². The highest BCUT2D eigenvalue weighted by atomic mass is 16.5. The van der Waals surface area contributed by atoms with Crippen LogP contribution in [-0.2, 0) is 4.74 Å². The summed E-state index contributed by atoms with van der Waals surface area (Å²) in [5.41, 5.74) is 0. The molecule has 0 radical (unpaired) electrons. The largest absolute Gasteiger partial charge is 0.375 e. The van der Waals surface area contributed by atoms with Crippen molar-refractivity contribution in [2.75, 3.05) is 7.05 Å². The van der Waals surface area contributed by atoms with Crippen LogP contribution in [0.3, 0.4) is 0 Å². The summed E-state index contributed by atoms with van der Waals surface area (Å²) in [7, 11) is 2.02. The molecule has 1 aliphatic rings. The Hall–Kier alpha value is -0.520. The van der Waals surface area contributed by atoms with E-state index in [1.165, 1.54) is 0 Å². The van der Waals surface area contributed by atoms with Gasteiger partial charge in [0.05, 0.1) is 12.2 Å². The van der Waals surface area contributed by atoms with E-state index in [4.69, 9.17) is 11.2 Å². The van der Waals surface area contributed by atoms with Gasteiger partial charge >= 0.3 is 0 Å². The van der Waals surface area contributed by atoms with Crippen LogP contribution in [0.2, 0.25) is 0 Å². The molecule has 1 saturated heterocycles. The van der Waals surface area contributed by atoms with Gasteiger partial charge in [0.15, 0.2) is 0 Å². The van der Waals surface area contributed by atoms with Crippen molar-refractivity contribution in [2.45, 2.75) is 51.9 Å². The van der Waals surface area contributed by atoms with Gasteiger partial charge < -0.3 is 10.1 Å². The van der Waals surface area contributed by atoms with Gasteiger partial charge in [0.2, 0.25) is 0 Å². The quantitative estimate of drug-likeness (QED) is 0.716. The molecular formula is C13H23NO. The zero-order valence-corrected chi connectivity index (χ0v) is 10.3. The SMILES string of the molecule is C#CCCC(NC)C1C(C)OC(C)C1C. The van der Waals surface area contributed by atoms with E-state index < -0.39 is 0 Å². The molecule has 0 aromatic carbocycles. The summed E-state index contributed by atoms with van der Waals surface area (Å²) in [5, 5.41) is 3.38. The van der Waals surface area contributed by atoms with Gasteiger partial charge in [-0.1, -0.05) is 6.92 Å². The first-order valence-corrected chi connectivity index (χ1v) is 5.88. The summed E-state index contributed by atoms with van der Waals surface area (Å²) in [6.07, 6.45) is 7.91. The standard InChI is InChI=1S/C13H23NO/c1-6-7-8-12(14-5)13-9(2)10(3)15-11(13)4/h1,9-14H,7-8H2,2-5H3. The lowest BCUT2D eigenvalue weighted by atomic mass is 9.82. The second kappa shape index (κ2) is 5.53. The lowest BCUT2D eigenvalue weighted by Gasteiger charge is -2.28. The second-order valence-corrected chi connectivity index (χ2v) is 4.62. The van der Waals surface area contributed by atoms with Crippen molar-refractivity contribution in [3.63, 3.8) is 0 Å². The third-order valence-corrected chi connectivity index (χ3v) is 3.75. The Balaban J connectivity index is 2.63. The molecule has 1 rings (SSSR count). The molecule has 5 unspecified atom stereocenters. The van der Waals surface area contributed by atoms with Crippen molar-refractivity contribution in [3.8, 4) is 12.3 Å². The molecular weight excluding hydrogens is 186 g/mol. The van der Waals surface area contributed by atoms with Gasteiger partial charge in [0.25, 0.3) is 0 Å². The molecule has 0 saturated carbocycles. The molecule has 1 heterocycles. The van der Waals surface area contributed by atoms with Gasteiger partial charge in [-0.2, -0.15) is 0 Å². The fourth-order valence-electron chi connectivity index (χ4n) is 2.76. The molecule has 0 aliphatic carbocycles. The van der Waals surface area contributed by atoms with E-state index in [2.05, 4.69) is 32.0 Å². The number of terminal acetylenes is 1. The molecule has 2 nitrogen and oxygen atoms in total. The molecule has 0 bridgehead atoms. The van der Waals surface area contributed by atoms with Crippen molar-refractivity contribution < 1.29 is 4.74 Å². The molecule has 2 heteroatoms. The topological polar surface area (TPSA) is 21.3 Å². The number of hydrogen-bond acceptors (Lipinski definition) is 2. The molecule has 0 aromatic rings. The highest BCUT2D eigenvalue weighted by Crippen LogP contribution is 2.35. The van der Waals surface area contributed by atoms with Gasteiger partial charge in [-0.05, 0) is 33.2 Å². The third-order valence-electron chi connectivity index (χ3n) is 3.75. The zero-order valence-electron chi connectivity index (χ0n) is 10.3. The lowest BCUT2D eigenvalue weighted by Crippen LogP contribution is -2.39. The minimum absolute atomic E-state index is 0.338. The maximum Gasteiger partial charge on any atom is 0.0597 e. The van der Waals surface area contributed by atoms with E-state index >= 15 is 0 Å². The first-order chi connectivity index (χ1) is 7.11. The van der Waals surface area contributed by atoms with Crippen LogP contribution in [0.15, 0.2) is 0 Å². The van der Waals surface area contributed by atoms with Gasteiger partial charge in [0, 0.05) is 18.4 Å². The van der Waals surface area contributed by atoms with E-state index in [-0.39, 0.29) is 0 Å². The summed E-state index contributed by atoms with van der Waals surface area (Å²) >= 11 is 0. The van der Waals surface area contributed by atoms with Gasteiger partial charge in [-0.3, -0.25) is 0 Å².